The topological polar surface area (TPSA) is 75.6 Å². The van der Waals surface area contributed by atoms with Crippen molar-refractivity contribution in [1.82, 2.24) is 5.43 Å². The van der Waals surface area contributed by atoms with Crippen LogP contribution in [0, 0.1) is 0 Å². The number of hydrogen-bond donors (Lipinski definition) is 1. The third-order valence-electron chi connectivity index (χ3n) is 3.11. The molecular weight excluding hydrogens is 391 g/mol. The number of sulfone groups is 1. The molecule has 0 atom stereocenters. The second-order valence-corrected chi connectivity index (χ2v) is 9.19. The number of nitrogens with one attached hydrogen (secondary N) is 1. The summed E-state index contributed by atoms with van der Waals surface area (Å²) in [7, 11) is -3.55. The third-order valence-corrected chi connectivity index (χ3v) is 7.37. The maximum absolute atomic E-state index is 12.2. The number of nitrogens with zero attached hydrogens (tertiary/aromatic N) is 1. The molecule has 2 aromatic rings. The maximum atomic E-state index is 12.2. The van der Waals surface area contributed by atoms with Gasteiger partial charge in [0.25, 0.3) is 5.91 Å². The van der Waals surface area contributed by atoms with E-state index in [4.69, 9.17) is 23.2 Å². The van der Waals surface area contributed by atoms with Crippen molar-refractivity contribution in [2.45, 2.75) is 24.0 Å². The lowest BCUT2D eigenvalue weighted by Crippen LogP contribution is -2.17. The van der Waals surface area contributed by atoms with Gasteiger partial charge in [0.15, 0.2) is 9.84 Å². The molecule has 0 saturated carbocycles. The van der Waals surface area contributed by atoms with Gasteiger partial charge in [-0.3, -0.25) is 4.79 Å². The van der Waals surface area contributed by atoms with E-state index in [0.29, 0.717) is 10.6 Å². The number of carbonyl (C=O) groups is 1. The summed E-state index contributed by atoms with van der Waals surface area (Å²) in [5.74, 6) is -0.585. The molecule has 1 aromatic heterocycles. The molecule has 0 aliphatic heterocycles. The van der Waals surface area contributed by atoms with Crippen LogP contribution in [-0.4, -0.2) is 25.8 Å². The lowest BCUT2D eigenvalue weighted by Gasteiger charge is -2.06. The highest BCUT2D eigenvalue weighted by Gasteiger charge is 2.27. The van der Waals surface area contributed by atoms with Crippen molar-refractivity contribution in [2.24, 2.45) is 5.10 Å². The minimum Gasteiger partial charge on any atom is -0.266 e. The van der Waals surface area contributed by atoms with Crippen LogP contribution in [0.25, 0.3) is 0 Å². The Labute approximate surface area is 154 Å². The lowest BCUT2D eigenvalue weighted by molar-refractivity contribution is 0.0959. The fourth-order valence-corrected chi connectivity index (χ4v) is 4.88. The fraction of sp³-hybridized carbons (Fsp3) is 0.200. The first-order chi connectivity index (χ1) is 11.2. The van der Waals surface area contributed by atoms with Gasteiger partial charge in [-0.05, 0) is 19.9 Å². The van der Waals surface area contributed by atoms with Gasteiger partial charge in [-0.15, -0.1) is 11.3 Å². The van der Waals surface area contributed by atoms with Gasteiger partial charge in [0.2, 0.25) is 0 Å². The van der Waals surface area contributed by atoms with Crippen LogP contribution in [0.5, 0.6) is 0 Å². The van der Waals surface area contributed by atoms with E-state index in [9.17, 15) is 13.2 Å². The largest absolute Gasteiger partial charge is 0.283 e. The predicted octanol–water partition coefficient (Wildman–Crippen LogP) is 4.00. The molecule has 1 heterocycles. The van der Waals surface area contributed by atoms with Crippen LogP contribution >= 0.6 is 34.5 Å². The summed E-state index contributed by atoms with van der Waals surface area (Å²) < 4.78 is 24.3. The van der Waals surface area contributed by atoms with Crippen LogP contribution in [0.15, 0.2) is 39.6 Å². The summed E-state index contributed by atoms with van der Waals surface area (Å²) in [6.07, 6.45) is 1.40. The second kappa shape index (κ2) is 7.65. The molecule has 0 unspecified atom stereocenters. The van der Waals surface area contributed by atoms with E-state index in [-0.39, 0.29) is 14.8 Å². The van der Waals surface area contributed by atoms with Crippen molar-refractivity contribution in [3.63, 3.8) is 0 Å². The molecule has 1 amide bonds. The summed E-state index contributed by atoms with van der Waals surface area (Å²) in [4.78, 5) is 12.2. The van der Waals surface area contributed by atoms with Gasteiger partial charge in [-0.1, -0.05) is 41.4 Å². The van der Waals surface area contributed by atoms with Crippen LogP contribution < -0.4 is 5.43 Å². The first-order valence-electron chi connectivity index (χ1n) is 6.84. The highest BCUT2D eigenvalue weighted by molar-refractivity contribution is 7.92. The average molecular weight is 405 g/mol. The van der Waals surface area contributed by atoms with E-state index >= 15 is 0 Å². The summed E-state index contributed by atoms with van der Waals surface area (Å²) in [6.45, 7) is 3.11. The van der Waals surface area contributed by atoms with Gasteiger partial charge >= 0.3 is 0 Å². The van der Waals surface area contributed by atoms with Crippen molar-refractivity contribution in [1.29, 1.82) is 0 Å². The Balaban J connectivity index is 2.17. The van der Waals surface area contributed by atoms with E-state index in [1.54, 1.807) is 38.1 Å². The van der Waals surface area contributed by atoms with E-state index in [0.717, 1.165) is 11.3 Å². The number of hydrogen-bond acceptors (Lipinski definition) is 5. The summed E-state index contributed by atoms with van der Waals surface area (Å²) in [6, 6.07) is 7.00. The zero-order valence-electron chi connectivity index (χ0n) is 12.8. The van der Waals surface area contributed by atoms with E-state index in [1.165, 1.54) is 11.6 Å². The minimum atomic E-state index is -3.55. The van der Waals surface area contributed by atoms with Gasteiger partial charge in [0.1, 0.15) is 4.88 Å². The number of amides is 1. The zero-order valence-corrected chi connectivity index (χ0v) is 15.9. The van der Waals surface area contributed by atoms with Gasteiger partial charge in [-0.25, -0.2) is 13.8 Å². The SMILES string of the molecule is CC(C)S(=O)(=O)c1csc(C(=O)N/N=C/c2ccccc2Cl)c1Cl. The Kier molecular flexibility index (Phi) is 6.03. The average Bonchev–Trinajstić information content (AvgIpc) is 2.91. The Morgan fingerprint density at radius 2 is 1.96 bits per heavy atom. The number of halogens is 2. The number of rotatable bonds is 5. The first kappa shape index (κ1) is 18.9. The van der Waals surface area contributed by atoms with Crippen LogP contribution in [0.2, 0.25) is 10.0 Å². The number of benzene rings is 1. The molecule has 1 aromatic carbocycles. The van der Waals surface area contributed by atoms with Gasteiger partial charge in [-0.2, -0.15) is 5.10 Å². The molecule has 0 fully saturated rings. The van der Waals surface area contributed by atoms with Crippen molar-refractivity contribution in [2.75, 3.05) is 0 Å². The zero-order chi connectivity index (χ0) is 17.9. The smallest absolute Gasteiger partial charge is 0.266 e. The number of carbonyl (C=O) groups excluding carboxylic acids is 1. The highest BCUT2D eigenvalue weighted by atomic mass is 35.5. The molecule has 5 nitrogen and oxygen atoms in total. The molecule has 0 spiro atoms. The van der Waals surface area contributed by atoms with Crippen LogP contribution in [0.4, 0.5) is 0 Å². The van der Waals surface area contributed by atoms with Crippen molar-refractivity contribution in [3.8, 4) is 0 Å². The molecule has 2 rings (SSSR count). The monoisotopic (exact) mass is 404 g/mol. The molecule has 0 aliphatic carbocycles. The molecule has 0 bridgehead atoms. The Morgan fingerprint density at radius 3 is 2.58 bits per heavy atom. The van der Waals surface area contributed by atoms with E-state index < -0.39 is 21.0 Å². The molecule has 0 saturated heterocycles. The quantitative estimate of drug-likeness (QED) is 0.604. The molecule has 9 heteroatoms. The van der Waals surface area contributed by atoms with E-state index in [1.807, 2.05) is 0 Å². The Bertz CT molecular complexity index is 890. The summed E-state index contributed by atoms with van der Waals surface area (Å²) >= 11 is 13.0. The molecule has 1 N–H and O–H groups in total. The van der Waals surface area contributed by atoms with Crippen molar-refractivity contribution < 1.29 is 13.2 Å². The van der Waals surface area contributed by atoms with E-state index in [2.05, 4.69) is 10.5 Å². The third kappa shape index (κ3) is 3.97. The summed E-state index contributed by atoms with van der Waals surface area (Å²) in [5, 5.41) is 4.97. The van der Waals surface area contributed by atoms with Crippen LogP contribution in [0.1, 0.15) is 29.1 Å². The van der Waals surface area contributed by atoms with Crippen molar-refractivity contribution in [3.05, 3.63) is 50.1 Å². The first-order valence-corrected chi connectivity index (χ1v) is 10.0. The predicted molar refractivity (Wildman–Crippen MR) is 98.2 cm³/mol. The van der Waals surface area contributed by atoms with Gasteiger partial charge < -0.3 is 0 Å². The van der Waals surface area contributed by atoms with Crippen LogP contribution in [-0.2, 0) is 9.84 Å². The van der Waals surface area contributed by atoms with Gasteiger partial charge in [0, 0.05) is 16.0 Å². The fourth-order valence-electron chi connectivity index (χ4n) is 1.72. The standard InChI is InChI=1S/C15H14Cl2N2O3S2/c1-9(2)24(21,22)12-8-23-14(13(12)17)15(20)19-18-7-10-5-3-4-6-11(10)16/h3-9H,1-2H3,(H,19,20)/b18-7+. The number of thiophene rings is 1. The Morgan fingerprint density at radius 1 is 1.29 bits per heavy atom. The second-order valence-electron chi connectivity index (χ2n) is 5.06. The normalized spacial score (nSPS) is 12.0. The number of hydrazone groups is 1. The molecule has 0 aliphatic rings. The molecule has 0 radical (unpaired) electrons. The van der Waals surface area contributed by atoms with Crippen LogP contribution in [0.3, 0.4) is 0 Å². The molecule has 128 valence electrons. The lowest BCUT2D eigenvalue weighted by atomic mass is 10.2. The molecule has 24 heavy (non-hydrogen) atoms. The van der Waals surface area contributed by atoms with Gasteiger partial charge in [0.05, 0.1) is 21.4 Å². The summed E-state index contributed by atoms with van der Waals surface area (Å²) in [5.41, 5.74) is 2.95. The van der Waals surface area contributed by atoms with Crippen molar-refractivity contribution >= 4 is 56.5 Å². The molecular formula is C15H14Cl2N2O3S2. The minimum absolute atomic E-state index is 0.0376. The Hall–Kier alpha value is -1.41. The maximum Gasteiger partial charge on any atom is 0.283 e. The highest BCUT2D eigenvalue weighted by Crippen LogP contribution is 2.33.